The van der Waals surface area contributed by atoms with E-state index in [-0.39, 0.29) is 25.4 Å². The first-order valence-electron chi connectivity index (χ1n) is 16.0. The van der Waals surface area contributed by atoms with Crippen LogP contribution in [-0.2, 0) is 41.5 Å². The van der Waals surface area contributed by atoms with Crippen LogP contribution in [0.4, 0.5) is 16.3 Å². The number of sulfonamides is 1. The lowest BCUT2D eigenvalue weighted by Gasteiger charge is -2.33. The number of esters is 1. The van der Waals surface area contributed by atoms with Crippen LogP contribution in [0.5, 0.6) is 0 Å². The van der Waals surface area contributed by atoms with Crippen molar-refractivity contribution in [2.45, 2.75) is 74.6 Å². The summed E-state index contributed by atoms with van der Waals surface area (Å²) in [6.07, 6.45) is 1.92. The van der Waals surface area contributed by atoms with Crippen molar-refractivity contribution in [3.63, 3.8) is 0 Å². The third-order valence-corrected chi connectivity index (χ3v) is 11.6. The summed E-state index contributed by atoms with van der Waals surface area (Å²) in [5, 5.41) is 11.4. The maximum absolute atomic E-state index is 13.3. The van der Waals surface area contributed by atoms with Crippen LogP contribution in [0.25, 0.3) is 0 Å². The van der Waals surface area contributed by atoms with E-state index in [9.17, 15) is 22.8 Å². The number of aromatic nitrogens is 3. The van der Waals surface area contributed by atoms with Crippen LogP contribution in [-0.4, -0.2) is 65.8 Å². The molecule has 2 amide bonds. The summed E-state index contributed by atoms with van der Waals surface area (Å²) in [5.41, 5.74) is 2.42. The summed E-state index contributed by atoms with van der Waals surface area (Å²) in [6.45, 7) is 5.00. The Morgan fingerprint density at radius 1 is 1.00 bits per heavy atom. The van der Waals surface area contributed by atoms with Crippen molar-refractivity contribution in [3.8, 4) is 0 Å². The zero-order chi connectivity index (χ0) is 33.4. The molecule has 3 aliphatic rings. The molecule has 6 rings (SSSR count). The van der Waals surface area contributed by atoms with Gasteiger partial charge in [0.05, 0.1) is 12.0 Å². The van der Waals surface area contributed by atoms with Gasteiger partial charge in [-0.3, -0.25) is 19.6 Å². The minimum Gasteiger partial charge on any atom is -0.465 e. The lowest BCUT2D eigenvalue weighted by Crippen LogP contribution is -2.48. The smallest absolute Gasteiger partial charge is 0.413 e. The molecule has 1 aromatic heterocycles. The van der Waals surface area contributed by atoms with E-state index in [2.05, 4.69) is 25.3 Å². The first kappa shape index (κ1) is 32.5. The Morgan fingerprint density at radius 2 is 1.66 bits per heavy atom. The van der Waals surface area contributed by atoms with Crippen LogP contribution in [0, 0.1) is 0 Å². The van der Waals surface area contributed by atoms with E-state index in [0.717, 1.165) is 48.4 Å². The molecule has 2 heterocycles. The Labute approximate surface area is 274 Å². The highest BCUT2D eigenvalue weighted by atomic mass is 32.2. The second-order valence-corrected chi connectivity index (χ2v) is 14.6. The number of piperidine rings is 1. The molecule has 0 unspecified atom stereocenters. The van der Waals surface area contributed by atoms with Crippen LogP contribution in [0.3, 0.4) is 0 Å². The van der Waals surface area contributed by atoms with Crippen LogP contribution in [0.15, 0.2) is 54.6 Å². The summed E-state index contributed by atoms with van der Waals surface area (Å²) in [6, 6.07) is 17.2. The number of anilines is 2. The summed E-state index contributed by atoms with van der Waals surface area (Å²) >= 11 is 0. The van der Waals surface area contributed by atoms with Crippen LogP contribution >= 0.6 is 0 Å². The molecule has 2 N–H and O–H groups in total. The maximum Gasteiger partial charge on any atom is 0.413 e. The molecule has 1 aliphatic heterocycles. The van der Waals surface area contributed by atoms with E-state index in [4.69, 9.17) is 9.47 Å². The molecule has 2 saturated carbocycles. The summed E-state index contributed by atoms with van der Waals surface area (Å²) in [4.78, 5) is 40.6. The minimum atomic E-state index is -4.22. The van der Waals surface area contributed by atoms with Gasteiger partial charge in [0.2, 0.25) is 5.91 Å². The number of hydrogen-bond donors (Lipinski definition) is 2. The summed E-state index contributed by atoms with van der Waals surface area (Å²) in [7, 11) is -2.49. The number of carbonyl (C=O) groups is 3. The zero-order valence-electron chi connectivity index (χ0n) is 26.8. The van der Waals surface area contributed by atoms with Gasteiger partial charge in [-0.05, 0) is 75.6 Å². The Kier molecular flexibility index (Phi) is 8.72. The standard InChI is InChI=1S/C33H40N6O7S/c1-4-45-30(41)33(18-19-33)47(43,44)36-29(40)32(16-17-32)25-10-12-26(13-11-25)39-20-14-24(15-21-39)27-28(38(3)37-35-27)34-31(42)46-22(2)23-8-6-5-7-9-23/h5-13,22,24H,4,14-21H2,1-3H3,(H,34,42)(H,36,40)/t22-/m1/s1. The van der Waals surface area contributed by atoms with E-state index in [1.807, 2.05) is 61.5 Å². The van der Waals surface area contributed by atoms with Crippen molar-refractivity contribution in [2.24, 2.45) is 7.05 Å². The van der Waals surface area contributed by atoms with Gasteiger partial charge >= 0.3 is 12.1 Å². The lowest BCUT2D eigenvalue weighted by molar-refractivity contribution is -0.143. The van der Waals surface area contributed by atoms with E-state index in [1.165, 1.54) is 0 Å². The monoisotopic (exact) mass is 664 g/mol. The fourth-order valence-corrected chi connectivity index (χ4v) is 7.87. The third-order valence-electron chi connectivity index (χ3n) is 9.57. The van der Waals surface area contributed by atoms with Crippen molar-refractivity contribution < 1.29 is 32.3 Å². The normalized spacial score (nSPS) is 18.9. The minimum absolute atomic E-state index is 0.0714. The number of nitrogens with zero attached hydrogens (tertiary/aromatic N) is 4. The van der Waals surface area contributed by atoms with Gasteiger partial charge in [0, 0.05) is 31.7 Å². The predicted molar refractivity (Wildman–Crippen MR) is 173 cm³/mol. The summed E-state index contributed by atoms with van der Waals surface area (Å²) < 4.78 is 38.7. The molecule has 47 heavy (non-hydrogen) atoms. The van der Waals surface area contributed by atoms with E-state index < -0.39 is 44.3 Å². The third kappa shape index (κ3) is 6.30. The van der Waals surface area contributed by atoms with E-state index in [1.54, 1.807) is 18.7 Å². The molecule has 250 valence electrons. The first-order valence-corrected chi connectivity index (χ1v) is 17.5. The van der Waals surface area contributed by atoms with Crippen molar-refractivity contribution >= 4 is 39.5 Å². The molecular weight excluding hydrogens is 624 g/mol. The molecule has 2 aromatic carbocycles. The van der Waals surface area contributed by atoms with Gasteiger partial charge in [-0.1, -0.05) is 47.7 Å². The van der Waals surface area contributed by atoms with Crippen LogP contribution < -0.4 is 14.9 Å². The number of carbonyl (C=O) groups excluding carboxylic acids is 3. The fraction of sp³-hybridized carbons (Fsp3) is 0.485. The molecule has 3 aromatic rings. The molecule has 3 fully saturated rings. The van der Waals surface area contributed by atoms with Gasteiger partial charge in [-0.25, -0.2) is 17.9 Å². The highest BCUT2D eigenvalue weighted by Crippen LogP contribution is 2.50. The van der Waals surface area contributed by atoms with Crippen LogP contribution in [0.1, 0.15) is 81.2 Å². The van der Waals surface area contributed by atoms with Crippen molar-refractivity contribution in [1.82, 2.24) is 19.7 Å². The van der Waals surface area contributed by atoms with Crippen molar-refractivity contribution in [3.05, 3.63) is 71.4 Å². The Hall–Kier alpha value is -4.46. The molecule has 0 spiro atoms. The van der Waals surface area contributed by atoms with Gasteiger partial charge in [0.1, 0.15) is 11.8 Å². The second kappa shape index (κ2) is 12.6. The first-order chi connectivity index (χ1) is 22.5. The number of ether oxygens (including phenoxy) is 2. The lowest BCUT2D eigenvalue weighted by atomic mass is 9.92. The number of nitrogens with one attached hydrogen (secondary N) is 2. The number of amides is 2. The molecule has 2 aliphatic carbocycles. The highest BCUT2D eigenvalue weighted by molar-refractivity contribution is 7.92. The number of rotatable bonds is 11. The molecule has 0 bridgehead atoms. The van der Waals surface area contributed by atoms with Crippen molar-refractivity contribution in [2.75, 3.05) is 29.9 Å². The van der Waals surface area contributed by atoms with Gasteiger partial charge < -0.3 is 14.4 Å². The number of benzene rings is 2. The average molecular weight is 665 g/mol. The highest BCUT2D eigenvalue weighted by Gasteiger charge is 2.64. The Balaban J connectivity index is 1.05. The topological polar surface area (TPSA) is 162 Å². The second-order valence-electron chi connectivity index (χ2n) is 12.6. The maximum atomic E-state index is 13.3. The number of hydrogen-bond acceptors (Lipinski definition) is 10. The average Bonchev–Trinajstić information content (AvgIpc) is 4.00. The molecule has 14 heteroatoms. The van der Waals surface area contributed by atoms with E-state index >= 15 is 0 Å². The Bertz CT molecular complexity index is 1740. The molecule has 0 radical (unpaired) electrons. The molecular formula is C33H40N6O7S. The predicted octanol–water partition coefficient (Wildman–Crippen LogP) is 4.08. The zero-order valence-corrected chi connectivity index (χ0v) is 27.6. The number of aryl methyl sites for hydroxylation is 1. The molecule has 1 saturated heterocycles. The largest absolute Gasteiger partial charge is 0.465 e. The van der Waals surface area contributed by atoms with Crippen molar-refractivity contribution in [1.29, 1.82) is 0 Å². The van der Waals surface area contributed by atoms with Crippen LogP contribution in [0.2, 0.25) is 0 Å². The Morgan fingerprint density at radius 3 is 2.26 bits per heavy atom. The van der Waals surface area contributed by atoms with E-state index in [0.29, 0.717) is 18.7 Å². The van der Waals surface area contributed by atoms with Gasteiger partial charge in [-0.15, -0.1) is 5.10 Å². The molecule has 1 atom stereocenters. The molecule has 13 nitrogen and oxygen atoms in total. The fourth-order valence-electron chi connectivity index (χ4n) is 6.32. The van der Waals surface area contributed by atoms with Gasteiger partial charge in [-0.2, -0.15) is 0 Å². The van der Waals surface area contributed by atoms with Gasteiger partial charge in [0.25, 0.3) is 10.0 Å². The van der Waals surface area contributed by atoms with Gasteiger partial charge in [0.15, 0.2) is 10.6 Å². The quantitative estimate of drug-likeness (QED) is 0.286. The summed E-state index contributed by atoms with van der Waals surface area (Å²) in [5.74, 6) is -0.803. The SMILES string of the molecule is CCOC(=O)C1(S(=O)(=O)NC(=O)C2(c3ccc(N4CCC(c5nnn(C)c5NC(=O)O[C@H](C)c5ccccc5)CC4)cc3)CC2)CC1.